The van der Waals surface area contributed by atoms with Crippen molar-refractivity contribution in [3.8, 4) is 11.5 Å². The molecule has 2 heterocycles. The minimum atomic E-state index is 0.435. The highest BCUT2D eigenvalue weighted by atomic mass is 16.6. The molecule has 0 aliphatic heterocycles. The summed E-state index contributed by atoms with van der Waals surface area (Å²) in [4.78, 5) is 8.61. The van der Waals surface area contributed by atoms with Gasteiger partial charge in [-0.05, 0) is 48.5 Å². The van der Waals surface area contributed by atoms with Crippen LogP contribution in [-0.4, -0.2) is 89.3 Å². The molecule has 0 unspecified atom stereocenters. The van der Waals surface area contributed by atoms with Crippen LogP contribution in [0.5, 0.6) is 11.5 Å². The molecule has 4 N–H and O–H groups in total. The number of pyridine rings is 2. The Labute approximate surface area is 239 Å². The lowest BCUT2D eigenvalue weighted by Crippen LogP contribution is -2.15. The zero-order chi connectivity index (χ0) is 28.5. The van der Waals surface area contributed by atoms with Gasteiger partial charge in [0.05, 0.1) is 77.1 Å². The SMILES string of the molecule is Nc1ccc2c(OCCOCCOCCOCCOCCOCCOc3cccc4nc(N)ccc34)cccc2n1. The van der Waals surface area contributed by atoms with E-state index in [-0.39, 0.29) is 0 Å². The lowest BCUT2D eigenvalue weighted by Gasteiger charge is -2.10. The molecule has 0 saturated heterocycles. The molecule has 0 radical (unpaired) electrons. The second-order valence-electron chi connectivity index (χ2n) is 8.88. The van der Waals surface area contributed by atoms with Crippen molar-refractivity contribution in [1.29, 1.82) is 0 Å². The van der Waals surface area contributed by atoms with Crippen LogP contribution in [0.2, 0.25) is 0 Å². The van der Waals surface area contributed by atoms with Crippen LogP contribution in [0.15, 0.2) is 60.7 Å². The summed E-state index contributed by atoms with van der Waals surface area (Å²) in [6.07, 6.45) is 0. The molecule has 4 aromatic rings. The van der Waals surface area contributed by atoms with E-state index in [9.17, 15) is 0 Å². The number of anilines is 2. The van der Waals surface area contributed by atoms with Crippen LogP contribution < -0.4 is 20.9 Å². The van der Waals surface area contributed by atoms with Gasteiger partial charge in [-0.2, -0.15) is 0 Å². The van der Waals surface area contributed by atoms with Crippen LogP contribution in [0.25, 0.3) is 21.8 Å². The highest BCUT2D eigenvalue weighted by Gasteiger charge is 2.05. The van der Waals surface area contributed by atoms with Gasteiger partial charge < -0.3 is 44.6 Å². The third kappa shape index (κ3) is 10.3. The number of rotatable bonds is 20. The molecule has 11 nitrogen and oxygen atoms in total. The van der Waals surface area contributed by atoms with Crippen molar-refractivity contribution in [3.63, 3.8) is 0 Å². The second-order valence-corrected chi connectivity index (χ2v) is 8.88. The molecule has 220 valence electrons. The molecule has 0 aliphatic carbocycles. The number of nitrogens with two attached hydrogens (primary N) is 2. The van der Waals surface area contributed by atoms with Crippen molar-refractivity contribution in [2.75, 3.05) is 90.7 Å². The minimum Gasteiger partial charge on any atom is -0.490 e. The third-order valence-corrected chi connectivity index (χ3v) is 5.89. The fraction of sp³-hybridized carbons (Fsp3) is 0.400. The Morgan fingerprint density at radius 1 is 0.415 bits per heavy atom. The summed E-state index contributed by atoms with van der Waals surface area (Å²) in [5, 5.41) is 1.85. The Kier molecular flexibility index (Phi) is 12.6. The van der Waals surface area contributed by atoms with Gasteiger partial charge >= 0.3 is 0 Å². The Morgan fingerprint density at radius 2 is 0.756 bits per heavy atom. The fourth-order valence-corrected chi connectivity index (χ4v) is 3.94. The van der Waals surface area contributed by atoms with Crippen LogP contribution >= 0.6 is 0 Å². The summed E-state index contributed by atoms with van der Waals surface area (Å²) in [6.45, 7) is 5.73. The second kappa shape index (κ2) is 17.2. The standard InChI is InChI=1S/C30H38N4O7/c31-29-9-7-23-25(33-29)3-1-5-27(23)40-21-19-38-17-15-36-13-11-35-12-14-37-16-18-39-20-22-41-28-6-2-4-26-24(28)8-10-30(32)34-26/h1-10H,11-22H2,(H2,31,33)(H2,32,34). The van der Waals surface area contributed by atoms with Gasteiger partial charge in [-0.15, -0.1) is 0 Å². The van der Waals surface area contributed by atoms with Crippen molar-refractivity contribution >= 4 is 33.4 Å². The molecule has 0 aliphatic rings. The Balaban J connectivity index is 0.899. The summed E-state index contributed by atoms with van der Waals surface area (Å²) in [6, 6.07) is 18.8. The third-order valence-electron chi connectivity index (χ3n) is 5.89. The average Bonchev–Trinajstić information content (AvgIpc) is 2.98. The number of aromatic nitrogens is 2. The molecular formula is C30H38N4O7. The number of benzene rings is 2. The highest BCUT2D eigenvalue weighted by Crippen LogP contribution is 2.26. The summed E-state index contributed by atoms with van der Waals surface area (Å²) < 4.78 is 39.3. The van der Waals surface area contributed by atoms with E-state index in [0.717, 1.165) is 33.3 Å². The number of ether oxygens (including phenoxy) is 7. The van der Waals surface area contributed by atoms with Crippen molar-refractivity contribution in [1.82, 2.24) is 9.97 Å². The number of nitrogens with zero attached hydrogens (tertiary/aromatic N) is 2. The molecule has 0 atom stereocenters. The lowest BCUT2D eigenvalue weighted by atomic mass is 10.2. The predicted octanol–water partition coefficient (Wildman–Crippen LogP) is 3.49. The highest BCUT2D eigenvalue weighted by molar-refractivity contribution is 5.86. The Bertz CT molecular complexity index is 1240. The minimum absolute atomic E-state index is 0.435. The number of hydrogen-bond acceptors (Lipinski definition) is 11. The molecule has 4 rings (SSSR count). The van der Waals surface area contributed by atoms with Crippen molar-refractivity contribution in [2.24, 2.45) is 0 Å². The zero-order valence-corrected chi connectivity index (χ0v) is 23.2. The van der Waals surface area contributed by atoms with E-state index in [1.165, 1.54) is 0 Å². The molecule has 11 heteroatoms. The maximum Gasteiger partial charge on any atom is 0.128 e. The van der Waals surface area contributed by atoms with Crippen LogP contribution in [0, 0.1) is 0 Å². The van der Waals surface area contributed by atoms with E-state index >= 15 is 0 Å². The monoisotopic (exact) mass is 566 g/mol. The Morgan fingerprint density at radius 3 is 1.12 bits per heavy atom. The molecule has 0 fully saturated rings. The molecule has 0 bridgehead atoms. The van der Waals surface area contributed by atoms with E-state index in [4.69, 9.17) is 44.6 Å². The number of nitrogen functional groups attached to an aromatic ring is 2. The summed E-state index contributed by atoms with van der Waals surface area (Å²) in [5.41, 5.74) is 13.1. The van der Waals surface area contributed by atoms with Gasteiger partial charge in [0.1, 0.15) is 36.3 Å². The summed E-state index contributed by atoms with van der Waals surface area (Å²) in [5.74, 6) is 2.49. The largest absolute Gasteiger partial charge is 0.490 e. The maximum absolute atomic E-state index is 5.82. The smallest absolute Gasteiger partial charge is 0.128 e. The van der Waals surface area contributed by atoms with Crippen LogP contribution in [0.1, 0.15) is 0 Å². The Hall–Kier alpha value is -3.74. The number of fused-ring (bicyclic) bond motifs is 2. The van der Waals surface area contributed by atoms with Gasteiger partial charge in [0, 0.05) is 10.8 Å². The van der Waals surface area contributed by atoms with E-state index < -0.39 is 0 Å². The first-order chi connectivity index (χ1) is 20.2. The van der Waals surface area contributed by atoms with Gasteiger partial charge in [-0.25, -0.2) is 9.97 Å². The van der Waals surface area contributed by atoms with Gasteiger partial charge in [-0.3, -0.25) is 0 Å². The first kappa shape index (κ1) is 30.2. The molecule has 2 aromatic carbocycles. The summed E-state index contributed by atoms with van der Waals surface area (Å²) >= 11 is 0. The quantitative estimate of drug-likeness (QED) is 0.152. The molecule has 2 aromatic heterocycles. The van der Waals surface area contributed by atoms with E-state index in [0.29, 0.717) is 90.9 Å². The van der Waals surface area contributed by atoms with Gasteiger partial charge in [-0.1, -0.05) is 12.1 Å². The van der Waals surface area contributed by atoms with Crippen LogP contribution in [-0.2, 0) is 23.7 Å². The molecule has 0 spiro atoms. The van der Waals surface area contributed by atoms with Crippen molar-refractivity contribution in [2.45, 2.75) is 0 Å². The first-order valence-electron chi connectivity index (χ1n) is 13.7. The normalized spacial score (nSPS) is 11.3. The predicted molar refractivity (Wildman–Crippen MR) is 157 cm³/mol. The van der Waals surface area contributed by atoms with Crippen LogP contribution in [0.3, 0.4) is 0 Å². The zero-order valence-electron chi connectivity index (χ0n) is 23.2. The van der Waals surface area contributed by atoms with Gasteiger partial charge in [0.25, 0.3) is 0 Å². The van der Waals surface area contributed by atoms with Crippen molar-refractivity contribution in [3.05, 3.63) is 60.7 Å². The molecular weight excluding hydrogens is 528 g/mol. The molecule has 41 heavy (non-hydrogen) atoms. The van der Waals surface area contributed by atoms with Gasteiger partial charge in [0.2, 0.25) is 0 Å². The topological polar surface area (TPSA) is 142 Å². The summed E-state index contributed by atoms with van der Waals surface area (Å²) in [7, 11) is 0. The van der Waals surface area contributed by atoms with Crippen LogP contribution in [0.4, 0.5) is 11.6 Å². The fourth-order valence-electron chi connectivity index (χ4n) is 3.94. The molecule has 0 saturated carbocycles. The van der Waals surface area contributed by atoms with E-state index in [1.54, 1.807) is 12.1 Å². The van der Waals surface area contributed by atoms with E-state index in [1.807, 2.05) is 48.5 Å². The average molecular weight is 567 g/mol. The van der Waals surface area contributed by atoms with Crippen molar-refractivity contribution < 1.29 is 33.2 Å². The number of hydrogen-bond donors (Lipinski definition) is 2. The van der Waals surface area contributed by atoms with E-state index in [2.05, 4.69) is 9.97 Å². The first-order valence-corrected chi connectivity index (χ1v) is 13.7. The lowest BCUT2D eigenvalue weighted by molar-refractivity contribution is -0.0141. The maximum atomic E-state index is 5.82. The molecule has 0 amide bonds. The van der Waals surface area contributed by atoms with Gasteiger partial charge in [0.15, 0.2) is 0 Å².